The zero-order chi connectivity index (χ0) is 14.5. The van der Waals surface area contributed by atoms with E-state index in [4.69, 9.17) is 10.9 Å². The third kappa shape index (κ3) is 3.71. The zero-order valence-corrected chi connectivity index (χ0v) is 12.2. The number of likely N-dealkylation sites (tertiary alicyclic amines) is 1. The molecule has 0 aliphatic carbocycles. The standard InChI is InChI=1S/C15H24N4O/c1-11-10-19(2)7-6-14(11)17-9-12-4-3-5-13(8-12)15(16)18-20/h3-5,8,11,14,17,20H,6-7,9-10H2,1-2H3,(H2,16,18). The molecule has 1 fully saturated rings. The average Bonchev–Trinajstić information content (AvgIpc) is 2.46. The minimum Gasteiger partial charge on any atom is -0.409 e. The summed E-state index contributed by atoms with van der Waals surface area (Å²) in [5.41, 5.74) is 7.52. The van der Waals surface area contributed by atoms with Crippen LogP contribution in [0.5, 0.6) is 0 Å². The first-order valence-corrected chi connectivity index (χ1v) is 7.09. The SMILES string of the molecule is CC1CN(C)CCC1NCc1cccc(/C(N)=N/O)c1. The van der Waals surface area contributed by atoms with E-state index in [0.29, 0.717) is 12.0 Å². The van der Waals surface area contributed by atoms with Crippen LogP contribution in [0.2, 0.25) is 0 Å². The summed E-state index contributed by atoms with van der Waals surface area (Å²) in [6.07, 6.45) is 1.18. The molecule has 0 saturated carbocycles. The quantitative estimate of drug-likeness (QED) is 0.334. The van der Waals surface area contributed by atoms with Gasteiger partial charge in [0.25, 0.3) is 0 Å². The van der Waals surface area contributed by atoms with E-state index in [1.165, 1.54) is 6.42 Å². The van der Waals surface area contributed by atoms with Crippen LogP contribution in [0.4, 0.5) is 0 Å². The molecule has 4 N–H and O–H groups in total. The lowest BCUT2D eigenvalue weighted by molar-refractivity contribution is 0.174. The molecule has 1 aliphatic heterocycles. The average molecular weight is 276 g/mol. The van der Waals surface area contributed by atoms with E-state index in [1.54, 1.807) is 0 Å². The summed E-state index contributed by atoms with van der Waals surface area (Å²) in [5.74, 6) is 0.806. The molecule has 1 aromatic rings. The molecule has 0 radical (unpaired) electrons. The van der Waals surface area contributed by atoms with Crippen molar-refractivity contribution in [3.63, 3.8) is 0 Å². The predicted molar refractivity (Wildman–Crippen MR) is 80.9 cm³/mol. The topological polar surface area (TPSA) is 73.9 Å². The maximum Gasteiger partial charge on any atom is 0.170 e. The zero-order valence-electron chi connectivity index (χ0n) is 12.2. The fourth-order valence-corrected chi connectivity index (χ4v) is 2.80. The summed E-state index contributed by atoms with van der Waals surface area (Å²) in [6, 6.07) is 8.35. The molecule has 1 aromatic carbocycles. The Labute approximate surface area is 120 Å². The van der Waals surface area contributed by atoms with Crippen LogP contribution >= 0.6 is 0 Å². The first-order chi connectivity index (χ1) is 9.60. The van der Waals surface area contributed by atoms with Crippen LogP contribution in [0.1, 0.15) is 24.5 Å². The first kappa shape index (κ1) is 14.8. The van der Waals surface area contributed by atoms with Crippen LogP contribution in [-0.4, -0.2) is 42.1 Å². The largest absolute Gasteiger partial charge is 0.409 e. The van der Waals surface area contributed by atoms with Crippen LogP contribution in [0, 0.1) is 5.92 Å². The number of nitrogens with one attached hydrogen (secondary N) is 1. The normalized spacial score (nSPS) is 24.8. The Morgan fingerprint density at radius 3 is 3.05 bits per heavy atom. The summed E-state index contributed by atoms with van der Waals surface area (Å²) in [5, 5.41) is 15.4. The molecule has 1 aliphatic rings. The molecule has 0 spiro atoms. The highest BCUT2D eigenvalue weighted by Crippen LogP contribution is 2.16. The van der Waals surface area contributed by atoms with Crippen molar-refractivity contribution in [2.24, 2.45) is 16.8 Å². The van der Waals surface area contributed by atoms with Gasteiger partial charge in [0, 0.05) is 24.7 Å². The number of hydrogen-bond donors (Lipinski definition) is 3. The van der Waals surface area contributed by atoms with Gasteiger partial charge in [-0.05, 0) is 37.6 Å². The minimum atomic E-state index is 0.152. The number of hydrogen-bond acceptors (Lipinski definition) is 4. The Balaban J connectivity index is 1.94. The molecule has 0 amide bonds. The number of benzene rings is 1. The molecule has 2 atom stereocenters. The Morgan fingerprint density at radius 1 is 1.55 bits per heavy atom. The fourth-order valence-electron chi connectivity index (χ4n) is 2.80. The van der Waals surface area contributed by atoms with Gasteiger partial charge >= 0.3 is 0 Å². The molecule has 2 unspecified atom stereocenters. The van der Waals surface area contributed by atoms with E-state index in [1.807, 2.05) is 18.2 Å². The Bertz CT molecular complexity index is 475. The first-order valence-electron chi connectivity index (χ1n) is 7.09. The van der Waals surface area contributed by atoms with Gasteiger partial charge < -0.3 is 21.2 Å². The number of amidine groups is 1. The highest BCUT2D eigenvalue weighted by atomic mass is 16.4. The highest BCUT2D eigenvalue weighted by molar-refractivity contribution is 5.97. The maximum absolute atomic E-state index is 8.72. The Hall–Kier alpha value is -1.59. The summed E-state index contributed by atoms with van der Waals surface area (Å²) in [4.78, 5) is 2.38. The molecule has 2 rings (SSSR count). The van der Waals surface area contributed by atoms with E-state index in [2.05, 4.69) is 35.4 Å². The molecule has 5 nitrogen and oxygen atoms in total. The molecule has 5 heteroatoms. The van der Waals surface area contributed by atoms with Crippen molar-refractivity contribution >= 4 is 5.84 Å². The summed E-state index contributed by atoms with van der Waals surface area (Å²) < 4.78 is 0. The van der Waals surface area contributed by atoms with E-state index in [-0.39, 0.29) is 5.84 Å². The van der Waals surface area contributed by atoms with E-state index >= 15 is 0 Å². The van der Waals surface area contributed by atoms with Crippen molar-refractivity contribution in [3.8, 4) is 0 Å². The lowest BCUT2D eigenvalue weighted by Gasteiger charge is -2.35. The van der Waals surface area contributed by atoms with Gasteiger partial charge in [-0.2, -0.15) is 0 Å². The minimum absolute atomic E-state index is 0.152. The van der Waals surface area contributed by atoms with Crippen LogP contribution in [0.25, 0.3) is 0 Å². The monoisotopic (exact) mass is 276 g/mol. The third-order valence-corrected chi connectivity index (χ3v) is 4.01. The van der Waals surface area contributed by atoms with Crippen molar-refractivity contribution in [2.75, 3.05) is 20.1 Å². The third-order valence-electron chi connectivity index (χ3n) is 4.01. The number of piperidine rings is 1. The predicted octanol–water partition coefficient (Wildman–Crippen LogP) is 1.21. The smallest absolute Gasteiger partial charge is 0.170 e. The molecule has 110 valence electrons. The van der Waals surface area contributed by atoms with E-state index < -0.39 is 0 Å². The number of oxime groups is 1. The van der Waals surface area contributed by atoms with Crippen LogP contribution in [0.15, 0.2) is 29.4 Å². The summed E-state index contributed by atoms with van der Waals surface area (Å²) >= 11 is 0. The van der Waals surface area contributed by atoms with Crippen molar-refractivity contribution < 1.29 is 5.21 Å². The molecule has 1 heterocycles. The van der Waals surface area contributed by atoms with Crippen molar-refractivity contribution in [1.29, 1.82) is 0 Å². The molecule has 1 saturated heterocycles. The van der Waals surface area contributed by atoms with Crippen LogP contribution in [-0.2, 0) is 6.54 Å². The lowest BCUT2D eigenvalue weighted by Crippen LogP contribution is -2.46. The molecular weight excluding hydrogens is 252 g/mol. The van der Waals surface area contributed by atoms with Crippen LogP contribution < -0.4 is 11.1 Å². The lowest BCUT2D eigenvalue weighted by atomic mass is 9.94. The van der Waals surface area contributed by atoms with Crippen LogP contribution in [0.3, 0.4) is 0 Å². The van der Waals surface area contributed by atoms with Gasteiger partial charge in [-0.25, -0.2) is 0 Å². The Morgan fingerprint density at radius 2 is 2.35 bits per heavy atom. The van der Waals surface area contributed by atoms with Gasteiger partial charge in [0.05, 0.1) is 0 Å². The number of nitrogens with two attached hydrogens (primary N) is 1. The van der Waals surface area contributed by atoms with Crippen molar-refractivity contribution in [1.82, 2.24) is 10.2 Å². The second-order valence-electron chi connectivity index (χ2n) is 5.70. The summed E-state index contributed by atoms with van der Waals surface area (Å²) in [7, 11) is 2.17. The number of rotatable bonds is 4. The summed E-state index contributed by atoms with van der Waals surface area (Å²) in [6.45, 7) is 5.39. The second-order valence-corrected chi connectivity index (χ2v) is 5.70. The molecule has 0 aromatic heterocycles. The van der Waals surface area contributed by atoms with Crippen molar-refractivity contribution in [3.05, 3.63) is 35.4 Å². The highest BCUT2D eigenvalue weighted by Gasteiger charge is 2.23. The second kappa shape index (κ2) is 6.72. The molecular formula is C15H24N4O. The van der Waals surface area contributed by atoms with Gasteiger partial charge in [-0.15, -0.1) is 0 Å². The van der Waals surface area contributed by atoms with Gasteiger partial charge in [-0.1, -0.05) is 30.3 Å². The van der Waals surface area contributed by atoms with Gasteiger partial charge in [0.15, 0.2) is 5.84 Å². The maximum atomic E-state index is 8.72. The van der Waals surface area contributed by atoms with E-state index in [9.17, 15) is 0 Å². The van der Waals surface area contributed by atoms with E-state index in [0.717, 1.165) is 30.8 Å². The van der Waals surface area contributed by atoms with Gasteiger partial charge in [-0.3, -0.25) is 0 Å². The molecule has 20 heavy (non-hydrogen) atoms. The Kier molecular flexibility index (Phi) is 4.98. The van der Waals surface area contributed by atoms with Gasteiger partial charge in [0.2, 0.25) is 0 Å². The van der Waals surface area contributed by atoms with Gasteiger partial charge in [0.1, 0.15) is 0 Å². The fraction of sp³-hybridized carbons (Fsp3) is 0.533. The van der Waals surface area contributed by atoms with Crippen molar-refractivity contribution in [2.45, 2.75) is 25.9 Å². The number of nitrogens with zero attached hydrogens (tertiary/aromatic N) is 2. The molecule has 0 bridgehead atoms.